The Balaban J connectivity index is 2.28. The second-order valence-electron chi connectivity index (χ2n) is 4.92. The highest BCUT2D eigenvalue weighted by molar-refractivity contribution is 5.79. The third-order valence-electron chi connectivity index (χ3n) is 3.48. The molecule has 0 atom stereocenters. The molecule has 1 aliphatic rings. The summed E-state index contributed by atoms with van der Waals surface area (Å²) in [5, 5.41) is 11.1. The van der Waals surface area contributed by atoms with E-state index in [9.17, 15) is 9.59 Å². The van der Waals surface area contributed by atoms with Gasteiger partial charge in [-0.3, -0.25) is 14.9 Å². The smallest absolute Gasteiger partial charge is 0.317 e. The lowest BCUT2D eigenvalue weighted by Crippen LogP contribution is -2.44. The molecule has 0 bridgehead atoms. The van der Waals surface area contributed by atoms with Gasteiger partial charge < -0.3 is 10.0 Å². The standard InChI is InChI=1S/C12H22N2O3/c1-9-3-5-10(6-4-9)14(2)11(15)7-13-8-12(16)17/h9-10,13H,3-8H2,1-2H3,(H,16,17). The summed E-state index contributed by atoms with van der Waals surface area (Å²) in [7, 11) is 1.81. The zero-order valence-electron chi connectivity index (χ0n) is 10.6. The number of likely N-dealkylation sites (N-methyl/N-ethyl adjacent to an activating group) is 1. The van der Waals surface area contributed by atoms with Crippen molar-refractivity contribution in [3.63, 3.8) is 0 Å². The number of carboxylic acid groups (broad SMARTS) is 1. The molecule has 0 aliphatic heterocycles. The van der Waals surface area contributed by atoms with Gasteiger partial charge in [0.15, 0.2) is 0 Å². The summed E-state index contributed by atoms with van der Waals surface area (Å²) in [5.41, 5.74) is 0. The molecule has 1 fully saturated rings. The molecule has 1 aliphatic carbocycles. The molecular weight excluding hydrogens is 220 g/mol. The van der Waals surface area contributed by atoms with E-state index in [-0.39, 0.29) is 19.0 Å². The maximum atomic E-state index is 11.8. The van der Waals surface area contributed by atoms with Crippen LogP contribution in [-0.4, -0.2) is 48.1 Å². The Bertz CT molecular complexity index is 273. The minimum absolute atomic E-state index is 0.0224. The van der Waals surface area contributed by atoms with Gasteiger partial charge in [0.05, 0.1) is 13.1 Å². The van der Waals surface area contributed by atoms with Crippen molar-refractivity contribution in [2.45, 2.75) is 38.6 Å². The topological polar surface area (TPSA) is 69.6 Å². The van der Waals surface area contributed by atoms with Gasteiger partial charge in [0, 0.05) is 13.1 Å². The van der Waals surface area contributed by atoms with Crippen molar-refractivity contribution >= 4 is 11.9 Å². The number of hydrogen-bond donors (Lipinski definition) is 2. The fraction of sp³-hybridized carbons (Fsp3) is 0.833. The predicted molar refractivity (Wildman–Crippen MR) is 64.7 cm³/mol. The van der Waals surface area contributed by atoms with E-state index in [1.54, 1.807) is 4.90 Å². The fourth-order valence-corrected chi connectivity index (χ4v) is 2.23. The monoisotopic (exact) mass is 242 g/mol. The fourth-order valence-electron chi connectivity index (χ4n) is 2.23. The summed E-state index contributed by atoms with van der Waals surface area (Å²) in [6.07, 6.45) is 4.46. The van der Waals surface area contributed by atoms with Crippen LogP contribution >= 0.6 is 0 Å². The van der Waals surface area contributed by atoms with Gasteiger partial charge in [-0.25, -0.2) is 0 Å². The number of carbonyl (C=O) groups is 2. The highest BCUT2D eigenvalue weighted by Gasteiger charge is 2.24. The molecule has 0 aromatic carbocycles. The van der Waals surface area contributed by atoms with Crippen LogP contribution in [0, 0.1) is 5.92 Å². The molecule has 17 heavy (non-hydrogen) atoms. The van der Waals surface area contributed by atoms with Gasteiger partial charge in [-0.2, -0.15) is 0 Å². The largest absolute Gasteiger partial charge is 0.480 e. The lowest BCUT2D eigenvalue weighted by Gasteiger charge is -2.33. The van der Waals surface area contributed by atoms with Crippen LogP contribution in [0.4, 0.5) is 0 Å². The number of hydrogen-bond acceptors (Lipinski definition) is 3. The lowest BCUT2D eigenvalue weighted by atomic mass is 9.87. The van der Waals surface area contributed by atoms with Crippen molar-refractivity contribution in [3.8, 4) is 0 Å². The van der Waals surface area contributed by atoms with E-state index in [2.05, 4.69) is 12.2 Å². The van der Waals surface area contributed by atoms with Crippen LogP contribution in [0.15, 0.2) is 0 Å². The summed E-state index contributed by atoms with van der Waals surface area (Å²) >= 11 is 0. The lowest BCUT2D eigenvalue weighted by molar-refractivity contribution is -0.136. The summed E-state index contributed by atoms with van der Waals surface area (Å²) in [6, 6.07) is 0.324. The first-order chi connectivity index (χ1) is 8.00. The van der Waals surface area contributed by atoms with E-state index in [0.717, 1.165) is 18.8 Å². The van der Waals surface area contributed by atoms with Crippen LogP contribution in [0.1, 0.15) is 32.6 Å². The quantitative estimate of drug-likeness (QED) is 0.744. The van der Waals surface area contributed by atoms with E-state index in [1.807, 2.05) is 7.05 Å². The molecule has 0 heterocycles. The average Bonchev–Trinajstić information content (AvgIpc) is 2.28. The maximum Gasteiger partial charge on any atom is 0.317 e. The molecule has 1 saturated carbocycles. The second-order valence-corrected chi connectivity index (χ2v) is 4.92. The van der Waals surface area contributed by atoms with Gasteiger partial charge in [-0.05, 0) is 31.6 Å². The van der Waals surface area contributed by atoms with Gasteiger partial charge in [0.2, 0.25) is 5.91 Å². The van der Waals surface area contributed by atoms with Gasteiger partial charge in [-0.1, -0.05) is 6.92 Å². The maximum absolute atomic E-state index is 11.8. The van der Waals surface area contributed by atoms with Crippen LogP contribution < -0.4 is 5.32 Å². The predicted octanol–water partition coefficient (Wildman–Crippen LogP) is 0.698. The zero-order valence-corrected chi connectivity index (χ0v) is 10.6. The average molecular weight is 242 g/mol. The Hall–Kier alpha value is -1.10. The third kappa shape index (κ3) is 4.73. The molecule has 1 amide bonds. The number of nitrogens with one attached hydrogen (secondary N) is 1. The van der Waals surface area contributed by atoms with Gasteiger partial charge in [0.25, 0.3) is 0 Å². The molecule has 0 aromatic rings. The number of nitrogens with zero attached hydrogens (tertiary/aromatic N) is 1. The number of rotatable bonds is 5. The molecular formula is C12H22N2O3. The number of carboxylic acids is 1. The van der Waals surface area contributed by atoms with Gasteiger partial charge in [-0.15, -0.1) is 0 Å². The Morgan fingerprint density at radius 3 is 2.35 bits per heavy atom. The van der Waals surface area contributed by atoms with Crippen LogP contribution in [0.3, 0.4) is 0 Å². The van der Waals surface area contributed by atoms with Crippen LogP contribution in [-0.2, 0) is 9.59 Å². The summed E-state index contributed by atoms with van der Waals surface area (Å²) in [5.74, 6) is -0.197. The van der Waals surface area contributed by atoms with E-state index in [1.165, 1.54) is 12.8 Å². The molecule has 2 N–H and O–H groups in total. The summed E-state index contributed by atoms with van der Waals surface area (Å²) in [6.45, 7) is 2.18. The van der Waals surface area contributed by atoms with Gasteiger partial charge in [0.1, 0.15) is 0 Å². The second kappa shape index (κ2) is 6.59. The van der Waals surface area contributed by atoms with E-state index < -0.39 is 5.97 Å². The Kier molecular flexibility index (Phi) is 5.41. The molecule has 98 valence electrons. The molecule has 0 unspecified atom stereocenters. The molecule has 1 rings (SSSR count). The summed E-state index contributed by atoms with van der Waals surface area (Å²) < 4.78 is 0. The van der Waals surface area contributed by atoms with Gasteiger partial charge >= 0.3 is 5.97 Å². The molecule has 0 radical (unpaired) electrons. The zero-order chi connectivity index (χ0) is 12.8. The molecule has 5 nitrogen and oxygen atoms in total. The van der Waals surface area contributed by atoms with Crippen LogP contribution in [0.5, 0.6) is 0 Å². The van der Waals surface area contributed by atoms with Crippen LogP contribution in [0.2, 0.25) is 0 Å². The molecule has 0 saturated heterocycles. The van der Waals surface area contributed by atoms with Crippen molar-refractivity contribution in [2.24, 2.45) is 5.92 Å². The van der Waals surface area contributed by atoms with E-state index in [0.29, 0.717) is 6.04 Å². The van der Waals surface area contributed by atoms with Crippen molar-refractivity contribution in [1.82, 2.24) is 10.2 Å². The summed E-state index contributed by atoms with van der Waals surface area (Å²) in [4.78, 5) is 23.8. The van der Waals surface area contributed by atoms with Crippen molar-refractivity contribution in [1.29, 1.82) is 0 Å². The Morgan fingerprint density at radius 1 is 1.24 bits per heavy atom. The number of carbonyl (C=O) groups excluding carboxylic acids is 1. The Labute approximate surface area is 102 Å². The first-order valence-electron chi connectivity index (χ1n) is 6.19. The van der Waals surface area contributed by atoms with Crippen LogP contribution in [0.25, 0.3) is 0 Å². The third-order valence-corrected chi connectivity index (χ3v) is 3.48. The first kappa shape index (κ1) is 14.0. The SMILES string of the molecule is CC1CCC(N(C)C(=O)CNCC(=O)O)CC1. The van der Waals surface area contributed by atoms with Crippen molar-refractivity contribution in [2.75, 3.05) is 20.1 Å². The van der Waals surface area contributed by atoms with E-state index >= 15 is 0 Å². The number of aliphatic carboxylic acids is 1. The minimum Gasteiger partial charge on any atom is -0.480 e. The van der Waals surface area contributed by atoms with E-state index in [4.69, 9.17) is 5.11 Å². The first-order valence-corrected chi connectivity index (χ1v) is 6.19. The molecule has 0 aromatic heterocycles. The molecule has 0 spiro atoms. The minimum atomic E-state index is -0.938. The molecule has 5 heteroatoms. The van der Waals surface area contributed by atoms with Crippen molar-refractivity contribution in [3.05, 3.63) is 0 Å². The highest BCUT2D eigenvalue weighted by Crippen LogP contribution is 2.26. The number of amides is 1. The Morgan fingerprint density at radius 2 is 1.82 bits per heavy atom. The van der Waals surface area contributed by atoms with Crippen molar-refractivity contribution < 1.29 is 14.7 Å². The normalized spacial score (nSPS) is 24.4. The highest BCUT2D eigenvalue weighted by atomic mass is 16.4.